The number of oxazole rings is 1. The minimum atomic E-state index is -0.419. The zero-order valence-electron chi connectivity index (χ0n) is 10.3. The van der Waals surface area contributed by atoms with Crippen molar-refractivity contribution >= 4 is 29.2 Å². The molecule has 1 unspecified atom stereocenters. The summed E-state index contributed by atoms with van der Waals surface area (Å²) in [5.41, 5.74) is 1.91. The van der Waals surface area contributed by atoms with Crippen molar-refractivity contribution in [1.29, 1.82) is 0 Å². The van der Waals surface area contributed by atoms with Gasteiger partial charge in [-0.25, -0.2) is 0 Å². The van der Waals surface area contributed by atoms with Gasteiger partial charge in [-0.2, -0.15) is 0 Å². The molecule has 5 nitrogen and oxygen atoms in total. The van der Waals surface area contributed by atoms with Gasteiger partial charge in [-0.05, 0) is 43.3 Å². The largest absolute Gasteiger partial charge is 0.429 e. The molecule has 1 saturated heterocycles. The standard InChI is InChI=1S/C13H14N2O3S/c16-9-2-1-5-15(7-9)12(17)8-3-4-10-11(6-8)18-13(19)14-10/h3-4,6,9,16H,1-2,5,7H2,(H,14,19). The number of piperidine rings is 1. The number of hydrogen-bond acceptors (Lipinski definition) is 4. The average Bonchev–Trinajstić information content (AvgIpc) is 2.76. The second-order valence-electron chi connectivity index (χ2n) is 4.77. The maximum absolute atomic E-state index is 12.3. The molecule has 2 N–H and O–H groups in total. The first-order chi connectivity index (χ1) is 9.13. The highest BCUT2D eigenvalue weighted by molar-refractivity contribution is 7.71. The Morgan fingerprint density at radius 3 is 3.16 bits per heavy atom. The highest BCUT2D eigenvalue weighted by atomic mass is 32.1. The Morgan fingerprint density at radius 1 is 1.53 bits per heavy atom. The molecule has 1 aromatic heterocycles. The van der Waals surface area contributed by atoms with E-state index in [-0.39, 0.29) is 5.91 Å². The van der Waals surface area contributed by atoms with Crippen LogP contribution in [-0.4, -0.2) is 40.1 Å². The Morgan fingerprint density at radius 2 is 2.37 bits per heavy atom. The summed E-state index contributed by atoms with van der Waals surface area (Å²) in [6.07, 6.45) is 1.17. The number of β-amino-alcohol motifs (C(OH)–C–C–N with tert-alkyl or cyclic N) is 1. The molecule has 1 atom stereocenters. The van der Waals surface area contributed by atoms with Gasteiger partial charge in [0.25, 0.3) is 10.7 Å². The third-order valence-corrected chi connectivity index (χ3v) is 3.54. The first-order valence-corrected chi connectivity index (χ1v) is 6.64. The van der Waals surface area contributed by atoms with E-state index >= 15 is 0 Å². The summed E-state index contributed by atoms with van der Waals surface area (Å²) in [5, 5.41) is 9.62. The zero-order valence-corrected chi connectivity index (χ0v) is 11.1. The lowest BCUT2D eigenvalue weighted by Gasteiger charge is -2.30. The second kappa shape index (κ2) is 4.79. The van der Waals surface area contributed by atoms with Gasteiger partial charge in [0.15, 0.2) is 5.58 Å². The number of aromatic nitrogens is 1. The normalized spacial score (nSPS) is 19.8. The quantitative estimate of drug-likeness (QED) is 0.784. The van der Waals surface area contributed by atoms with Crippen LogP contribution in [0.5, 0.6) is 0 Å². The van der Waals surface area contributed by atoms with E-state index < -0.39 is 6.10 Å². The lowest BCUT2D eigenvalue weighted by Crippen LogP contribution is -2.42. The number of aliphatic hydroxyl groups excluding tert-OH is 1. The number of amides is 1. The SMILES string of the molecule is O=C(c1ccc2[nH]c(=S)oc2c1)N1CCCC(O)C1. The van der Waals surface area contributed by atoms with Crippen LogP contribution in [0.4, 0.5) is 0 Å². The van der Waals surface area contributed by atoms with E-state index in [1.807, 2.05) is 0 Å². The monoisotopic (exact) mass is 278 g/mol. The molecular formula is C13H14N2O3S. The summed E-state index contributed by atoms with van der Waals surface area (Å²) in [4.78, 5) is 17.2. The zero-order chi connectivity index (χ0) is 13.4. The van der Waals surface area contributed by atoms with Crippen molar-refractivity contribution < 1.29 is 14.3 Å². The van der Waals surface area contributed by atoms with Crippen LogP contribution in [0.3, 0.4) is 0 Å². The predicted octanol–water partition coefficient (Wildman–Crippen LogP) is 2.09. The molecule has 0 radical (unpaired) electrons. The minimum absolute atomic E-state index is 0.0806. The van der Waals surface area contributed by atoms with Crippen molar-refractivity contribution in [3.8, 4) is 0 Å². The van der Waals surface area contributed by atoms with Gasteiger partial charge in [0.2, 0.25) is 0 Å². The molecule has 2 heterocycles. The number of carbonyl (C=O) groups excluding carboxylic acids is 1. The molecule has 1 amide bonds. The molecule has 2 aromatic rings. The Labute approximate surface area is 114 Å². The number of hydrogen-bond donors (Lipinski definition) is 2. The van der Waals surface area contributed by atoms with Crippen molar-refractivity contribution in [3.05, 3.63) is 28.6 Å². The van der Waals surface area contributed by atoms with E-state index in [4.69, 9.17) is 16.6 Å². The molecule has 1 aliphatic heterocycles. The van der Waals surface area contributed by atoms with Gasteiger partial charge in [0, 0.05) is 18.7 Å². The van der Waals surface area contributed by atoms with Crippen molar-refractivity contribution in [1.82, 2.24) is 9.88 Å². The number of likely N-dealkylation sites (tertiary alicyclic amines) is 1. The van der Waals surface area contributed by atoms with Gasteiger partial charge in [0.1, 0.15) is 0 Å². The van der Waals surface area contributed by atoms with E-state index in [1.54, 1.807) is 23.1 Å². The fourth-order valence-corrected chi connectivity index (χ4v) is 2.60. The van der Waals surface area contributed by atoms with Crippen LogP contribution in [0.2, 0.25) is 0 Å². The van der Waals surface area contributed by atoms with Crippen molar-refractivity contribution in [2.75, 3.05) is 13.1 Å². The van der Waals surface area contributed by atoms with E-state index in [2.05, 4.69) is 4.98 Å². The number of carbonyl (C=O) groups is 1. The van der Waals surface area contributed by atoms with Gasteiger partial charge in [0.05, 0.1) is 11.6 Å². The van der Waals surface area contributed by atoms with Crippen LogP contribution < -0.4 is 0 Å². The molecule has 1 fully saturated rings. The highest BCUT2D eigenvalue weighted by Crippen LogP contribution is 2.18. The van der Waals surface area contributed by atoms with Crippen molar-refractivity contribution in [2.45, 2.75) is 18.9 Å². The summed E-state index contributed by atoms with van der Waals surface area (Å²) in [7, 11) is 0. The third-order valence-electron chi connectivity index (χ3n) is 3.35. The van der Waals surface area contributed by atoms with Crippen LogP contribution in [0.15, 0.2) is 22.6 Å². The number of rotatable bonds is 1. The van der Waals surface area contributed by atoms with E-state index in [0.29, 0.717) is 29.1 Å². The molecule has 0 spiro atoms. The Balaban J connectivity index is 1.90. The lowest BCUT2D eigenvalue weighted by atomic mass is 10.1. The van der Waals surface area contributed by atoms with Crippen LogP contribution in [0.1, 0.15) is 23.2 Å². The minimum Gasteiger partial charge on any atom is -0.429 e. The van der Waals surface area contributed by atoms with Crippen molar-refractivity contribution in [3.63, 3.8) is 0 Å². The van der Waals surface area contributed by atoms with Crippen LogP contribution in [-0.2, 0) is 0 Å². The first kappa shape index (κ1) is 12.4. The summed E-state index contributed by atoms with van der Waals surface area (Å²) < 4.78 is 5.31. The average molecular weight is 278 g/mol. The third kappa shape index (κ3) is 2.41. The molecular weight excluding hydrogens is 264 g/mol. The second-order valence-corrected chi connectivity index (χ2v) is 5.14. The number of fused-ring (bicyclic) bond motifs is 1. The Bertz CT molecular complexity index is 676. The molecule has 0 saturated carbocycles. The Kier molecular flexibility index (Phi) is 3.12. The Hall–Kier alpha value is -1.66. The summed E-state index contributed by atoms with van der Waals surface area (Å²) in [6, 6.07) is 5.21. The maximum atomic E-state index is 12.3. The van der Waals surface area contributed by atoms with Gasteiger partial charge in [-0.15, -0.1) is 0 Å². The number of nitrogens with zero attached hydrogens (tertiary/aromatic N) is 1. The topological polar surface area (TPSA) is 69.5 Å². The van der Waals surface area contributed by atoms with Crippen LogP contribution in [0.25, 0.3) is 11.1 Å². The summed E-state index contributed by atoms with van der Waals surface area (Å²) in [6.45, 7) is 1.08. The first-order valence-electron chi connectivity index (χ1n) is 6.24. The fraction of sp³-hybridized carbons (Fsp3) is 0.385. The molecule has 6 heteroatoms. The van der Waals surface area contributed by atoms with Crippen LogP contribution >= 0.6 is 12.2 Å². The number of nitrogens with one attached hydrogen (secondary N) is 1. The maximum Gasteiger partial charge on any atom is 0.266 e. The predicted molar refractivity (Wildman–Crippen MR) is 72.5 cm³/mol. The molecule has 0 aliphatic carbocycles. The van der Waals surface area contributed by atoms with Gasteiger partial charge >= 0.3 is 0 Å². The molecule has 0 bridgehead atoms. The number of H-pyrrole nitrogens is 1. The molecule has 1 aromatic carbocycles. The number of aliphatic hydroxyl groups is 1. The van der Waals surface area contributed by atoms with Crippen molar-refractivity contribution in [2.24, 2.45) is 0 Å². The van der Waals surface area contributed by atoms with Gasteiger partial charge < -0.3 is 19.4 Å². The van der Waals surface area contributed by atoms with Gasteiger partial charge in [-0.1, -0.05) is 0 Å². The number of aromatic amines is 1. The lowest BCUT2D eigenvalue weighted by molar-refractivity contribution is 0.0474. The fourth-order valence-electron chi connectivity index (χ4n) is 2.40. The summed E-state index contributed by atoms with van der Waals surface area (Å²) in [5.74, 6) is -0.0806. The van der Waals surface area contributed by atoms with E-state index in [0.717, 1.165) is 18.4 Å². The molecule has 19 heavy (non-hydrogen) atoms. The van der Waals surface area contributed by atoms with Crippen LogP contribution in [0, 0.1) is 4.84 Å². The smallest absolute Gasteiger partial charge is 0.266 e. The number of benzene rings is 1. The van der Waals surface area contributed by atoms with E-state index in [9.17, 15) is 9.90 Å². The molecule has 100 valence electrons. The molecule has 1 aliphatic rings. The van der Waals surface area contributed by atoms with E-state index in [1.165, 1.54) is 0 Å². The summed E-state index contributed by atoms with van der Waals surface area (Å²) >= 11 is 4.91. The highest BCUT2D eigenvalue weighted by Gasteiger charge is 2.23. The van der Waals surface area contributed by atoms with Gasteiger partial charge in [-0.3, -0.25) is 4.79 Å². The molecule has 3 rings (SSSR count).